The highest BCUT2D eigenvalue weighted by Gasteiger charge is 2.32. The van der Waals surface area contributed by atoms with Crippen LogP contribution < -0.4 is 0 Å². The zero-order valence-corrected chi connectivity index (χ0v) is 13.9. The van der Waals surface area contributed by atoms with Crippen molar-refractivity contribution in [1.82, 2.24) is 4.98 Å². The van der Waals surface area contributed by atoms with Gasteiger partial charge < -0.3 is 4.74 Å². The number of hydrogen-bond acceptors (Lipinski definition) is 3. The van der Waals surface area contributed by atoms with Crippen LogP contribution in [0.15, 0.2) is 36.5 Å². The van der Waals surface area contributed by atoms with Crippen LogP contribution in [0.2, 0.25) is 10.0 Å². The van der Waals surface area contributed by atoms with Gasteiger partial charge in [-0.05, 0) is 19.1 Å². The van der Waals surface area contributed by atoms with Crippen LogP contribution in [-0.2, 0) is 22.3 Å². The number of halogens is 5. The van der Waals surface area contributed by atoms with Gasteiger partial charge in [0.1, 0.15) is 6.61 Å². The van der Waals surface area contributed by atoms with Gasteiger partial charge in [-0.1, -0.05) is 41.4 Å². The molecule has 0 aliphatic heterocycles. The number of carbonyl (C=O) groups is 1. The van der Waals surface area contributed by atoms with Crippen molar-refractivity contribution in [2.75, 3.05) is 0 Å². The van der Waals surface area contributed by atoms with E-state index in [0.717, 1.165) is 6.07 Å². The maximum absolute atomic E-state index is 12.6. The number of pyridine rings is 1. The van der Waals surface area contributed by atoms with Crippen molar-refractivity contribution in [2.24, 2.45) is 0 Å². The van der Waals surface area contributed by atoms with Crippen LogP contribution in [0.3, 0.4) is 0 Å². The summed E-state index contributed by atoms with van der Waals surface area (Å²) in [7, 11) is 0. The van der Waals surface area contributed by atoms with Gasteiger partial charge in [-0.3, -0.25) is 9.78 Å². The molecule has 128 valence electrons. The molecule has 1 aromatic heterocycles. The van der Waals surface area contributed by atoms with Crippen molar-refractivity contribution in [2.45, 2.75) is 25.6 Å². The molecule has 0 aliphatic rings. The fraction of sp³-hybridized carbons (Fsp3) is 0.250. The van der Waals surface area contributed by atoms with Crippen molar-refractivity contribution < 1.29 is 22.7 Å². The smallest absolute Gasteiger partial charge is 0.417 e. The summed E-state index contributed by atoms with van der Waals surface area (Å²) >= 11 is 11.8. The minimum Gasteiger partial charge on any atom is -0.460 e. The van der Waals surface area contributed by atoms with E-state index in [9.17, 15) is 18.0 Å². The van der Waals surface area contributed by atoms with Crippen LogP contribution >= 0.6 is 23.2 Å². The molecule has 0 spiro atoms. The van der Waals surface area contributed by atoms with Crippen LogP contribution in [0.4, 0.5) is 13.2 Å². The molecule has 8 heteroatoms. The SMILES string of the molecule is C[C@@H](C(=O)OCc1ccccc1Cl)c1ncc(C(F)(F)F)cc1Cl. The molecule has 24 heavy (non-hydrogen) atoms. The van der Waals surface area contributed by atoms with Crippen LogP contribution in [0.25, 0.3) is 0 Å². The molecule has 2 aromatic rings. The maximum atomic E-state index is 12.6. The van der Waals surface area contributed by atoms with Crippen LogP contribution in [-0.4, -0.2) is 11.0 Å². The Hall–Kier alpha value is -1.79. The maximum Gasteiger partial charge on any atom is 0.417 e. The molecular weight excluding hydrogens is 366 g/mol. The lowest BCUT2D eigenvalue weighted by atomic mass is 10.1. The predicted octanol–water partition coefficient (Wildman–Crippen LogP) is 5.25. The van der Waals surface area contributed by atoms with E-state index < -0.39 is 23.6 Å². The van der Waals surface area contributed by atoms with Gasteiger partial charge in [-0.25, -0.2) is 0 Å². The largest absolute Gasteiger partial charge is 0.460 e. The van der Waals surface area contributed by atoms with Gasteiger partial charge in [0.2, 0.25) is 0 Å². The molecule has 0 bridgehead atoms. The lowest BCUT2D eigenvalue weighted by Gasteiger charge is -2.14. The average Bonchev–Trinajstić information content (AvgIpc) is 2.52. The van der Waals surface area contributed by atoms with Gasteiger partial charge in [0.05, 0.1) is 22.2 Å². The lowest BCUT2D eigenvalue weighted by molar-refractivity contribution is -0.146. The molecule has 0 N–H and O–H groups in total. The molecule has 1 aromatic carbocycles. The highest BCUT2D eigenvalue weighted by atomic mass is 35.5. The van der Waals surface area contributed by atoms with Gasteiger partial charge >= 0.3 is 12.1 Å². The first-order chi connectivity index (χ1) is 11.2. The summed E-state index contributed by atoms with van der Waals surface area (Å²) < 4.78 is 42.9. The average molecular weight is 378 g/mol. The number of carbonyl (C=O) groups excluding carboxylic acids is 1. The van der Waals surface area contributed by atoms with E-state index in [1.54, 1.807) is 24.3 Å². The topological polar surface area (TPSA) is 39.2 Å². The summed E-state index contributed by atoms with van der Waals surface area (Å²) in [6, 6.07) is 7.57. The Morgan fingerprint density at radius 3 is 2.50 bits per heavy atom. The summed E-state index contributed by atoms with van der Waals surface area (Å²) in [5.74, 6) is -1.58. The first kappa shape index (κ1) is 18.5. The summed E-state index contributed by atoms with van der Waals surface area (Å²) in [5.41, 5.74) is -0.340. The second-order valence-electron chi connectivity index (χ2n) is 5.01. The van der Waals surface area contributed by atoms with Crippen LogP contribution in [0.1, 0.15) is 29.7 Å². The highest BCUT2D eigenvalue weighted by molar-refractivity contribution is 6.31. The number of hydrogen-bond donors (Lipinski definition) is 0. The minimum atomic E-state index is -4.55. The van der Waals surface area contributed by atoms with Crippen LogP contribution in [0, 0.1) is 0 Å². The number of alkyl halides is 3. The summed E-state index contributed by atoms with van der Waals surface area (Å²) in [6.07, 6.45) is -3.91. The Morgan fingerprint density at radius 1 is 1.25 bits per heavy atom. The Bertz CT molecular complexity index is 750. The number of aromatic nitrogens is 1. The normalized spacial score (nSPS) is 12.8. The molecule has 0 saturated carbocycles. The fourth-order valence-corrected chi connectivity index (χ4v) is 2.44. The molecule has 0 fully saturated rings. The fourth-order valence-electron chi connectivity index (χ4n) is 1.92. The number of ether oxygens (including phenoxy) is 1. The van der Waals surface area contributed by atoms with E-state index in [1.807, 2.05) is 0 Å². The van der Waals surface area contributed by atoms with Gasteiger partial charge in [0, 0.05) is 16.8 Å². The molecule has 0 radical (unpaired) electrons. The zero-order chi connectivity index (χ0) is 17.9. The Labute approximate surface area is 146 Å². The van der Waals surface area contributed by atoms with Crippen molar-refractivity contribution >= 4 is 29.2 Å². The monoisotopic (exact) mass is 377 g/mol. The predicted molar refractivity (Wildman–Crippen MR) is 83.9 cm³/mol. The van der Waals surface area contributed by atoms with Crippen molar-refractivity contribution in [3.63, 3.8) is 0 Å². The van der Waals surface area contributed by atoms with Crippen LogP contribution in [0.5, 0.6) is 0 Å². The van der Waals surface area contributed by atoms with E-state index in [4.69, 9.17) is 27.9 Å². The molecule has 0 amide bonds. The molecule has 1 heterocycles. The Balaban J connectivity index is 2.09. The van der Waals surface area contributed by atoms with Gasteiger partial charge in [-0.15, -0.1) is 0 Å². The summed E-state index contributed by atoms with van der Waals surface area (Å²) in [6.45, 7) is 1.40. The van der Waals surface area contributed by atoms with Gasteiger partial charge in [0.25, 0.3) is 0 Å². The van der Waals surface area contributed by atoms with E-state index in [0.29, 0.717) is 16.8 Å². The summed E-state index contributed by atoms with van der Waals surface area (Å²) in [4.78, 5) is 15.7. The second kappa shape index (κ2) is 7.40. The number of nitrogens with zero attached hydrogens (tertiary/aromatic N) is 1. The Kier molecular flexibility index (Phi) is 5.72. The first-order valence-electron chi connectivity index (χ1n) is 6.83. The van der Waals surface area contributed by atoms with Crippen molar-refractivity contribution in [1.29, 1.82) is 0 Å². The van der Waals surface area contributed by atoms with E-state index >= 15 is 0 Å². The molecule has 0 aliphatic carbocycles. The van der Waals surface area contributed by atoms with Gasteiger partial charge in [0.15, 0.2) is 0 Å². The third-order valence-corrected chi connectivity index (χ3v) is 3.96. The minimum absolute atomic E-state index is 0.0221. The van der Waals surface area contributed by atoms with E-state index in [-0.39, 0.29) is 17.3 Å². The van der Waals surface area contributed by atoms with Crippen molar-refractivity contribution in [3.8, 4) is 0 Å². The molecule has 0 unspecified atom stereocenters. The highest BCUT2D eigenvalue weighted by Crippen LogP contribution is 2.33. The molecule has 3 nitrogen and oxygen atoms in total. The van der Waals surface area contributed by atoms with Gasteiger partial charge in [-0.2, -0.15) is 13.2 Å². The third kappa shape index (κ3) is 4.39. The quantitative estimate of drug-likeness (QED) is 0.682. The first-order valence-corrected chi connectivity index (χ1v) is 7.58. The standard InChI is InChI=1S/C16H12Cl2F3NO2/c1-9(14-13(18)6-11(7-22-14)16(19,20)21)15(23)24-8-10-4-2-3-5-12(10)17/h2-7,9H,8H2,1H3/t9-/m1/s1. The number of rotatable bonds is 4. The number of esters is 1. The number of benzene rings is 1. The Morgan fingerprint density at radius 2 is 1.92 bits per heavy atom. The molecule has 2 rings (SSSR count). The molecular formula is C16H12Cl2F3NO2. The molecule has 0 saturated heterocycles. The lowest BCUT2D eigenvalue weighted by Crippen LogP contribution is -2.16. The van der Waals surface area contributed by atoms with Crippen molar-refractivity contribution in [3.05, 3.63) is 63.4 Å². The van der Waals surface area contributed by atoms with E-state index in [2.05, 4.69) is 4.98 Å². The second-order valence-corrected chi connectivity index (χ2v) is 5.82. The third-order valence-electron chi connectivity index (χ3n) is 3.29. The zero-order valence-electron chi connectivity index (χ0n) is 12.4. The summed E-state index contributed by atoms with van der Waals surface area (Å²) in [5, 5.41) is 0.204. The van der Waals surface area contributed by atoms with E-state index in [1.165, 1.54) is 6.92 Å². The molecule has 1 atom stereocenters.